The Labute approximate surface area is 160 Å². The number of carbonyl (C=O) groups excluding carboxylic acids is 2. The maximum atomic E-state index is 12.3. The molecule has 10 heteroatoms. The molecular weight excluding hydrogens is 368 g/mol. The maximum absolute atomic E-state index is 12.3. The number of rotatable bonds is 9. The van der Waals surface area contributed by atoms with E-state index in [1.54, 1.807) is 11.5 Å². The molecule has 0 saturated carbocycles. The van der Waals surface area contributed by atoms with E-state index in [1.165, 1.54) is 4.57 Å². The van der Waals surface area contributed by atoms with Crippen molar-refractivity contribution < 1.29 is 19.1 Å². The number of aryl methyl sites for hydroxylation is 2. The summed E-state index contributed by atoms with van der Waals surface area (Å²) in [6.45, 7) is 6.27. The molecule has 0 fully saturated rings. The van der Waals surface area contributed by atoms with E-state index in [9.17, 15) is 19.2 Å². The lowest BCUT2D eigenvalue weighted by Gasteiger charge is -2.06. The van der Waals surface area contributed by atoms with Crippen molar-refractivity contribution in [2.24, 2.45) is 0 Å². The van der Waals surface area contributed by atoms with Crippen LogP contribution in [0.1, 0.15) is 39.4 Å². The van der Waals surface area contributed by atoms with Gasteiger partial charge in [0.15, 0.2) is 11.2 Å². The molecule has 0 aromatic carbocycles. The average Bonchev–Trinajstić information content (AvgIpc) is 3.03. The fraction of sp³-hybridized carbons (Fsp3) is 0.500. The smallest absolute Gasteiger partial charge is 0.331 e. The topological polar surface area (TPSA) is 125 Å². The summed E-state index contributed by atoms with van der Waals surface area (Å²) in [6.07, 6.45) is 3.56. The van der Waals surface area contributed by atoms with E-state index in [2.05, 4.69) is 14.7 Å². The molecular formula is C18H24N4O6. The van der Waals surface area contributed by atoms with Crippen molar-refractivity contribution in [3.8, 4) is 0 Å². The summed E-state index contributed by atoms with van der Waals surface area (Å²) >= 11 is 0. The highest BCUT2D eigenvalue weighted by molar-refractivity contribution is 5.91. The van der Waals surface area contributed by atoms with Gasteiger partial charge in [-0.3, -0.25) is 14.3 Å². The minimum absolute atomic E-state index is 0.201. The molecule has 28 heavy (non-hydrogen) atoms. The normalized spacial score (nSPS) is 11.2. The van der Waals surface area contributed by atoms with Gasteiger partial charge in [0.05, 0.1) is 6.61 Å². The second-order valence-electron chi connectivity index (χ2n) is 5.90. The van der Waals surface area contributed by atoms with E-state index in [4.69, 9.17) is 4.74 Å². The third-order valence-electron chi connectivity index (χ3n) is 4.00. The molecule has 10 nitrogen and oxygen atoms in total. The van der Waals surface area contributed by atoms with Gasteiger partial charge in [-0.1, -0.05) is 13.3 Å². The van der Waals surface area contributed by atoms with Crippen molar-refractivity contribution >= 4 is 23.1 Å². The number of hydrogen-bond acceptors (Lipinski definition) is 7. The van der Waals surface area contributed by atoms with Crippen LogP contribution in [0.4, 0.5) is 0 Å². The third-order valence-corrected chi connectivity index (χ3v) is 4.00. The van der Waals surface area contributed by atoms with Gasteiger partial charge in [0, 0.05) is 25.2 Å². The molecule has 2 rings (SSSR count). The zero-order valence-electron chi connectivity index (χ0n) is 16.2. The summed E-state index contributed by atoms with van der Waals surface area (Å²) < 4.78 is 12.8. The predicted molar refractivity (Wildman–Crippen MR) is 101 cm³/mol. The number of unbranched alkanes of at least 4 members (excludes halogenated alkanes) is 1. The van der Waals surface area contributed by atoms with Crippen LogP contribution in [0.5, 0.6) is 0 Å². The number of nitrogens with one attached hydrogen (secondary N) is 1. The molecule has 0 aliphatic rings. The molecule has 2 heterocycles. The van der Waals surface area contributed by atoms with Gasteiger partial charge >= 0.3 is 17.6 Å². The molecule has 2 aromatic rings. The Kier molecular flexibility index (Phi) is 7.30. The van der Waals surface area contributed by atoms with Crippen LogP contribution in [0, 0.1) is 0 Å². The number of hydrogen-bond donors (Lipinski definition) is 1. The standard InChI is InChI=1S/C18H24N4O6/c1-4-7-10-22-16-15(17(25)20-18(22)26)21(5-2)12(19-16)11-28-14(24)9-8-13(23)27-6-3/h8-9H,4-7,10-11H2,1-3H3,(H,20,25,26)/b9-8+. The van der Waals surface area contributed by atoms with Crippen LogP contribution in [0.2, 0.25) is 0 Å². The van der Waals surface area contributed by atoms with Crippen molar-refractivity contribution in [3.05, 3.63) is 38.8 Å². The van der Waals surface area contributed by atoms with E-state index in [0.29, 0.717) is 18.9 Å². The number of esters is 2. The Morgan fingerprint density at radius 2 is 1.75 bits per heavy atom. The van der Waals surface area contributed by atoms with Gasteiger partial charge in [0.25, 0.3) is 5.56 Å². The Morgan fingerprint density at radius 1 is 1.07 bits per heavy atom. The van der Waals surface area contributed by atoms with Gasteiger partial charge in [0.1, 0.15) is 12.4 Å². The van der Waals surface area contributed by atoms with Crippen LogP contribution < -0.4 is 11.2 Å². The Balaban J connectivity index is 2.31. The second kappa shape index (κ2) is 9.67. The molecule has 0 aliphatic heterocycles. The lowest BCUT2D eigenvalue weighted by Crippen LogP contribution is -2.31. The average molecular weight is 392 g/mol. The van der Waals surface area contributed by atoms with Gasteiger partial charge < -0.3 is 14.0 Å². The summed E-state index contributed by atoms with van der Waals surface area (Å²) in [5.41, 5.74) is -0.544. The van der Waals surface area contributed by atoms with Gasteiger partial charge in [0.2, 0.25) is 0 Å². The van der Waals surface area contributed by atoms with Crippen molar-refractivity contribution in [1.29, 1.82) is 0 Å². The molecule has 0 saturated heterocycles. The highest BCUT2D eigenvalue weighted by Gasteiger charge is 2.18. The summed E-state index contributed by atoms with van der Waals surface area (Å²) in [4.78, 5) is 54.2. The molecule has 0 amide bonds. The van der Waals surface area contributed by atoms with E-state index in [-0.39, 0.29) is 24.4 Å². The Bertz CT molecular complexity index is 998. The summed E-state index contributed by atoms with van der Waals surface area (Å²) in [6, 6.07) is 0. The van der Waals surface area contributed by atoms with Gasteiger partial charge in [-0.2, -0.15) is 0 Å². The zero-order valence-corrected chi connectivity index (χ0v) is 16.2. The third kappa shape index (κ3) is 4.76. The molecule has 0 aliphatic carbocycles. The summed E-state index contributed by atoms with van der Waals surface area (Å²) in [7, 11) is 0. The van der Waals surface area contributed by atoms with Gasteiger partial charge in [-0.15, -0.1) is 0 Å². The van der Waals surface area contributed by atoms with Gasteiger partial charge in [-0.25, -0.2) is 19.4 Å². The fourth-order valence-electron chi connectivity index (χ4n) is 2.70. The molecule has 0 atom stereocenters. The number of H-pyrrole nitrogens is 1. The largest absolute Gasteiger partial charge is 0.463 e. The molecule has 152 valence electrons. The molecule has 0 bridgehead atoms. The minimum Gasteiger partial charge on any atom is -0.463 e. The van der Waals surface area contributed by atoms with Crippen molar-refractivity contribution in [2.75, 3.05) is 6.61 Å². The number of nitrogens with zero attached hydrogens (tertiary/aromatic N) is 3. The van der Waals surface area contributed by atoms with Crippen LogP contribution in [-0.2, 0) is 38.8 Å². The number of aromatic nitrogens is 4. The van der Waals surface area contributed by atoms with Crippen LogP contribution in [-0.4, -0.2) is 37.6 Å². The number of imidazole rings is 1. The summed E-state index contributed by atoms with van der Waals surface area (Å²) in [5, 5.41) is 0. The summed E-state index contributed by atoms with van der Waals surface area (Å²) in [5.74, 6) is -1.07. The monoisotopic (exact) mass is 392 g/mol. The number of ether oxygens (including phenoxy) is 2. The van der Waals surface area contributed by atoms with E-state index in [1.807, 2.05) is 13.8 Å². The number of aromatic amines is 1. The first-order valence-electron chi connectivity index (χ1n) is 9.16. The van der Waals surface area contributed by atoms with Crippen molar-refractivity contribution in [2.45, 2.75) is 53.3 Å². The SMILES string of the molecule is CCCCn1c(=O)[nH]c(=O)c2c1nc(COC(=O)/C=C/C(=O)OCC)n2CC. The Morgan fingerprint density at radius 3 is 2.36 bits per heavy atom. The highest BCUT2D eigenvalue weighted by Crippen LogP contribution is 2.13. The van der Waals surface area contributed by atoms with Crippen molar-refractivity contribution in [1.82, 2.24) is 19.1 Å². The van der Waals surface area contributed by atoms with Gasteiger partial charge in [-0.05, 0) is 20.3 Å². The van der Waals surface area contributed by atoms with E-state index >= 15 is 0 Å². The predicted octanol–water partition coefficient (Wildman–Crippen LogP) is 0.869. The van der Waals surface area contributed by atoms with Crippen molar-refractivity contribution in [3.63, 3.8) is 0 Å². The molecule has 1 N–H and O–H groups in total. The molecule has 0 spiro atoms. The highest BCUT2D eigenvalue weighted by atomic mass is 16.5. The maximum Gasteiger partial charge on any atom is 0.331 e. The molecule has 2 aromatic heterocycles. The second-order valence-corrected chi connectivity index (χ2v) is 5.90. The number of carbonyl (C=O) groups is 2. The molecule has 0 unspecified atom stereocenters. The number of fused-ring (bicyclic) bond motifs is 1. The fourth-order valence-corrected chi connectivity index (χ4v) is 2.70. The van der Waals surface area contributed by atoms with Crippen LogP contribution >= 0.6 is 0 Å². The van der Waals surface area contributed by atoms with E-state index < -0.39 is 23.2 Å². The first-order chi connectivity index (χ1) is 13.4. The van der Waals surface area contributed by atoms with Crippen LogP contribution in [0.15, 0.2) is 21.7 Å². The quantitative estimate of drug-likeness (QED) is 0.496. The first-order valence-corrected chi connectivity index (χ1v) is 9.16. The lowest BCUT2D eigenvalue weighted by atomic mass is 10.3. The minimum atomic E-state index is -0.750. The zero-order chi connectivity index (χ0) is 20.7. The molecule has 0 radical (unpaired) electrons. The van der Waals surface area contributed by atoms with E-state index in [0.717, 1.165) is 25.0 Å². The Hall–Kier alpha value is -3.17. The lowest BCUT2D eigenvalue weighted by molar-refractivity contribution is -0.141. The van der Waals surface area contributed by atoms with Crippen LogP contribution in [0.3, 0.4) is 0 Å². The van der Waals surface area contributed by atoms with Crippen LogP contribution in [0.25, 0.3) is 11.2 Å². The first kappa shape index (κ1) is 21.1.